The highest BCUT2D eigenvalue weighted by molar-refractivity contribution is 7.98. The summed E-state index contributed by atoms with van der Waals surface area (Å²) in [4.78, 5) is 2.14. The molecule has 17 heavy (non-hydrogen) atoms. The van der Waals surface area contributed by atoms with Crippen molar-refractivity contribution in [3.05, 3.63) is 22.2 Å². The molecular formula is C12H18Cl2N2S. The van der Waals surface area contributed by atoms with Gasteiger partial charge in [0.2, 0.25) is 0 Å². The zero-order chi connectivity index (χ0) is 13.0. The van der Waals surface area contributed by atoms with Crippen LogP contribution < -0.4 is 10.6 Å². The summed E-state index contributed by atoms with van der Waals surface area (Å²) in [5, 5.41) is 1.22. The summed E-state index contributed by atoms with van der Waals surface area (Å²) >= 11 is 14.3. The average Bonchev–Trinajstić information content (AvgIpc) is 2.24. The van der Waals surface area contributed by atoms with Crippen LogP contribution in [0.15, 0.2) is 12.1 Å². The van der Waals surface area contributed by atoms with Crippen molar-refractivity contribution in [3.63, 3.8) is 0 Å². The molecule has 0 fully saturated rings. The van der Waals surface area contributed by atoms with E-state index in [4.69, 9.17) is 28.9 Å². The molecule has 0 bridgehead atoms. The van der Waals surface area contributed by atoms with Crippen molar-refractivity contribution in [1.82, 2.24) is 0 Å². The van der Waals surface area contributed by atoms with Crippen molar-refractivity contribution in [1.29, 1.82) is 0 Å². The summed E-state index contributed by atoms with van der Waals surface area (Å²) in [6, 6.07) is 3.90. The number of hydrogen-bond donors (Lipinski definition) is 1. The van der Waals surface area contributed by atoms with E-state index < -0.39 is 0 Å². The highest BCUT2D eigenvalue weighted by Crippen LogP contribution is 2.36. The second-order valence-electron chi connectivity index (χ2n) is 3.96. The minimum atomic E-state index is 0.420. The number of nitrogens with zero attached hydrogens (tertiary/aromatic N) is 1. The second kappa shape index (κ2) is 6.62. The summed E-state index contributed by atoms with van der Waals surface area (Å²) in [6.45, 7) is 2.16. The van der Waals surface area contributed by atoms with Crippen LogP contribution in [0.3, 0.4) is 0 Å². The molecule has 0 aliphatic heterocycles. The quantitative estimate of drug-likeness (QED) is 0.827. The third-order valence-electron chi connectivity index (χ3n) is 2.77. The number of anilines is 2. The maximum absolute atomic E-state index is 6.22. The Balaban J connectivity index is 3.06. The highest BCUT2D eigenvalue weighted by Gasteiger charge is 2.18. The van der Waals surface area contributed by atoms with Gasteiger partial charge in [-0.2, -0.15) is 11.8 Å². The van der Waals surface area contributed by atoms with Crippen LogP contribution >= 0.6 is 35.0 Å². The lowest BCUT2D eigenvalue weighted by molar-refractivity contribution is 0.673. The summed E-state index contributed by atoms with van der Waals surface area (Å²) in [5.41, 5.74) is 7.16. The molecule has 0 amide bonds. The van der Waals surface area contributed by atoms with Crippen LogP contribution in [0.4, 0.5) is 11.4 Å². The molecule has 0 radical (unpaired) electrons. The van der Waals surface area contributed by atoms with Gasteiger partial charge in [-0.1, -0.05) is 30.1 Å². The average molecular weight is 293 g/mol. The van der Waals surface area contributed by atoms with Gasteiger partial charge < -0.3 is 10.6 Å². The Kier molecular flexibility index (Phi) is 5.77. The maximum atomic E-state index is 6.22. The highest BCUT2D eigenvalue weighted by atomic mass is 35.5. The number of rotatable bonds is 5. The third-order valence-corrected chi connectivity index (χ3v) is 4.06. The molecule has 0 saturated carbocycles. The molecule has 5 heteroatoms. The van der Waals surface area contributed by atoms with E-state index in [2.05, 4.69) is 18.1 Å². The molecule has 0 spiro atoms. The molecule has 0 aliphatic rings. The van der Waals surface area contributed by atoms with E-state index >= 15 is 0 Å². The molecule has 2 N–H and O–H groups in total. The lowest BCUT2D eigenvalue weighted by Gasteiger charge is -2.30. The van der Waals surface area contributed by atoms with Gasteiger partial charge in [-0.25, -0.2) is 0 Å². The van der Waals surface area contributed by atoms with E-state index in [1.165, 1.54) is 0 Å². The van der Waals surface area contributed by atoms with Crippen LogP contribution in [0.2, 0.25) is 10.0 Å². The number of thioether (sulfide) groups is 1. The van der Waals surface area contributed by atoms with Gasteiger partial charge in [0.05, 0.1) is 15.7 Å². The predicted octanol–water partition coefficient (Wildman–Crippen LogP) is 4.15. The van der Waals surface area contributed by atoms with E-state index in [-0.39, 0.29) is 0 Å². The molecule has 0 aliphatic carbocycles. The molecular weight excluding hydrogens is 275 g/mol. The van der Waals surface area contributed by atoms with Crippen LogP contribution in [0.25, 0.3) is 0 Å². The van der Waals surface area contributed by atoms with Gasteiger partial charge in [0.15, 0.2) is 0 Å². The maximum Gasteiger partial charge on any atom is 0.0746 e. The first-order valence-corrected chi connectivity index (χ1v) is 7.62. The number of nitrogens with two attached hydrogens (primary N) is 1. The smallest absolute Gasteiger partial charge is 0.0746 e. The summed E-state index contributed by atoms with van der Waals surface area (Å²) < 4.78 is 0. The van der Waals surface area contributed by atoms with Crippen LogP contribution in [0.1, 0.15) is 13.3 Å². The molecule has 0 aromatic heterocycles. The first-order chi connectivity index (χ1) is 8.01. The first-order valence-electron chi connectivity index (χ1n) is 5.47. The van der Waals surface area contributed by atoms with E-state index in [0.29, 0.717) is 21.8 Å². The fourth-order valence-corrected chi connectivity index (χ4v) is 3.42. The van der Waals surface area contributed by atoms with E-state index in [1.54, 1.807) is 12.1 Å². The summed E-state index contributed by atoms with van der Waals surface area (Å²) in [5.74, 6) is 1.05. The minimum absolute atomic E-state index is 0.420. The Labute approximate surface area is 117 Å². The molecule has 1 rings (SSSR count). The van der Waals surface area contributed by atoms with Gasteiger partial charge in [-0.05, 0) is 24.8 Å². The fraction of sp³-hybridized carbons (Fsp3) is 0.500. The first kappa shape index (κ1) is 14.8. The van der Waals surface area contributed by atoms with Crippen LogP contribution in [-0.4, -0.2) is 25.1 Å². The van der Waals surface area contributed by atoms with Crippen molar-refractivity contribution in [2.75, 3.05) is 29.7 Å². The Morgan fingerprint density at radius 3 is 2.29 bits per heavy atom. The van der Waals surface area contributed by atoms with Crippen molar-refractivity contribution in [3.8, 4) is 0 Å². The largest absolute Gasteiger partial charge is 0.399 e. The number of hydrogen-bond acceptors (Lipinski definition) is 3. The van der Waals surface area contributed by atoms with Gasteiger partial charge in [0.1, 0.15) is 0 Å². The molecule has 1 aromatic rings. The third kappa shape index (κ3) is 3.60. The lowest BCUT2D eigenvalue weighted by Crippen LogP contribution is -2.33. The minimum Gasteiger partial charge on any atom is -0.399 e. The van der Waals surface area contributed by atoms with Crippen LogP contribution in [0.5, 0.6) is 0 Å². The van der Waals surface area contributed by atoms with E-state index in [9.17, 15) is 0 Å². The molecule has 2 nitrogen and oxygen atoms in total. The molecule has 0 heterocycles. The van der Waals surface area contributed by atoms with Gasteiger partial charge in [0.25, 0.3) is 0 Å². The Hall–Kier alpha value is -0.250. The van der Waals surface area contributed by atoms with Crippen molar-refractivity contribution >= 4 is 46.3 Å². The predicted molar refractivity (Wildman–Crippen MR) is 81.7 cm³/mol. The normalized spacial score (nSPS) is 12.5. The molecule has 96 valence electrons. The Bertz CT molecular complexity index is 362. The van der Waals surface area contributed by atoms with Gasteiger partial charge >= 0.3 is 0 Å². The standard InChI is InChI=1S/C12H18Cl2N2S/c1-4-9(7-17-3)16(2)12-10(13)5-8(15)6-11(12)14/h5-6,9H,4,7,15H2,1-3H3. The lowest BCUT2D eigenvalue weighted by atomic mass is 10.2. The summed E-state index contributed by atoms with van der Waals surface area (Å²) in [6.07, 6.45) is 3.15. The molecule has 1 aromatic carbocycles. The Morgan fingerprint density at radius 1 is 1.35 bits per heavy atom. The SMILES string of the molecule is CCC(CSC)N(C)c1c(Cl)cc(N)cc1Cl. The van der Waals surface area contributed by atoms with E-state index in [0.717, 1.165) is 17.9 Å². The van der Waals surface area contributed by atoms with Crippen molar-refractivity contribution in [2.45, 2.75) is 19.4 Å². The van der Waals surface area contributed by atoms with Crippen molar-refractivity contribution in [2.24, 2.45) is 0 Å². The summed E-state index contributed by atoms with van der Waals surface area (Å²) in [7, 11) is 2.02. The zero-order valence-corrected chi connectivity index (χ0v) is 12.7. The monoisotopic (exact) mass is 292 g/mol. The molecule has 1 atom stereocenters. The van der Waals surface area contributed by atoms with E-state index in [1.807, 2.05) is 18.8 Å². The molecule has 1 unspecified atom stereocenters. The second-order valence-corrected chi connectivity index (χ2v) is 5.69. The van der Waals surface area contributed by atoms with Crippen LogP contribution in [-0.2, 0) is 0 Å². The van der Waals surface area contributed by atoms with Gasteiger partial charge in [-0.3, -0.25) is 0 Å². The topological polar surface area (TPSA) is 29.3 Å². The van der Waals surface area contributed by atoms with Gasteiger partial charge in [-0.15, -0.1) is 0 Å². The molecule has 0 saturated heterocycles. The van der Waals surface area contributed by atoms with Crippen LogP contribution in [0, 0.1) is 0 Å². The number of nitrogen functional groups attached to an aromatic ring is 1. The number of benzene rings is 1. The zero-order valence-electron chi connectivity index (χ0n) is 10.3. The Morgan fingerprint density at radius 2 is 1.88 bits per heavy atom. The van der Waals surface area contributed by atoms with Gasteiger partial charge in [0, 0.05) is 24.5 Å². The number of halogens is 2. The van der Waals surface area contributed by atoms with Crippen molar-refractivity contribution < 1.29 is 0 Å². The fourth-order valence-electron chi connectivity index (χ4n) is 1.80.